The first-order valence-electron chi connectivity index (χ1n) is 7.33. The van der Waals surface area contributed by atoms with Crippen LogP contribution in [-0.2, 0) is 4.79 Å². The second kappa shape index (κ2) is 6.87. The molecule has 1 fully saturated rings. The number of carbonyl (C=O) groups is 1. The van der Waals surface area contributed by atoms with Crippen molar-refractivity contribution in [2.75, 3.05) is 43.8 Å². The van der Waals surface area contributed by atoms with E-state index in [1.807, 2.05) is 6.92 Å². The third kappa shape index (κ3) is 3.92. The molecule has 5 nitrogen and oxygen atoms in total. The van der Waals surface area contributed by atoms with Crippen LogP contribution in [0.5, 0.6) is 0 Å². The molecular formula is C15H23FN4O. The normalized spacial score (nSPS) is 18.4. The van der Waals surface area contributed by atoms with Crippen molar-refractivity contribution in [2.45, 2.75) is 19.9 Å². The zero-order valence-corrected chi connectivity index (χ0v) is 12.6. The lowest BCUT2D eigenvalue weighted by molar-refractivity contribution is -0.121. The van der Waals surface area contributed by atoms with Gasteiger partial charge in [-0.05, 0) is 31.7 Å². The highest BCUT2D eigenvalue weighted by Crippen LogP contribution is 2.18. The maximum Gasteiger partial charge on any atom is 0.241 e. The first-order valence-corrected chi connectivity index (χ1v) is 7.33. The second-order valence-electron chi connectivity index (χ2n) is 5.37. The summed E-state index contributed by atoms with van der Waals surface area (Å²) in [5, 5.41) is 2.62. The summed E-state index contributed by atoms with van der Waals surface area (Å²) in [7, 11) is 0. The van der Waals surface area contributed by atoms with Crippen LogP contribution in [0, 0.1) is 5.82 Å². The van der Waals surface area contributed by atoms with Crippen LogP contribution in [0.2, 0.25) is 0 Å². The molecule has 1 heterocycles. The molecule has 2 rings (SSSR count). The van der Waals surface area contributed by atoms with E-state index in [0.717, 1.165) is 32.7 Å². The minimum absolute atomic E-state index is 0.138. The Kier molecular flexibility index (Phi) is 5.14. The standard InChI is InChI=1S/C15H23FN4O/c1-3-19-6-8-20(9-7-19)11(2)15(21)18-14-10-12(17)4-5-13(14)16/h4-5,10-11H,3,6-9,17H2,1-2H3,(H,18,21). The van der Waals surface area contributed by atoms with Crippen molar-refractivity contribution < 1.29 is 9.18 Å². The fourth-order valence-electron chi connectivity index (χ4n) is 2.51. The van der Waals surface area contributed by atoms with Gasteiger partial charge in [-0.15, -0.1) is 0 Å². The maximum atomic E-state index is 13.6. The van der Waals surface area contributed by atoms with Crippen molar-refractivity contribution >= 4 is 17.3 Å². The van der Waals surface area contributed by atoms with E-state index in [9.17, 15) is 9.18 Å². The zero-order chi connectivity index (χ0) is 15.4. The lowest BCUT2D eigenvalue weighted by Gasteiger charge is -2.36. The van der Waals surface area contributed by atoms with Crippen molar-refractivity contribution in [1.82, 2.24) is 9.80 Å². The Labute approximate surface area is 124 Å². The molecule has 0 bridgehead atoms. The summed E-state index contributed by atoms with van der Waals surface area (Å²) in [6.07, 6.45) is 0. The number of nitrogens with two attached hydrogens (primary N) is 1. The number of nitrogens with one attached hydrogen (secondary N) is 1. The van der Waals surface area contributed by atoms with Crippen LogP contribution in [0.4, 0.5) is 15.8 Å². The molecule has 21 heavy (non-hydrogen) atoms. The summed E-state index contributed by atoms with van der Waals surface area (Å²) in [5.41, 5.74) is 6.18. The molecule has 1 aromatic rings. The van der Waals surface area contributed by atoms with Gasteiger partial charge in [0.25, 0.3) is 0 Å². The minimum atomic E-state index is -0.472. The average molecular weight is 294 g/mol. The van der Waals surface area contributed by atoms with Crippen molar-refractivity contribution in [3.05, 3.63) is 24.0 Å². The highest BCUT2D eigenvalue weighted by atomic mass is 19.1. The van der Waals surface area contributed by atoms with Crippen molar-refractivity contribution in [1.29, 1.82) is 0 Å². The number of rotatable bonds is 4. The molecule has 1 amide bonds. The Hall–Kier alpha value is -1.66. The molecule has 1 saturated heterocycles. The van der Waals surface area contributed by atoms with Crippen LogP contribution >= 0.6 is 0 Å². The Morgan fingerprint density at radius 3 is 2.67 bits per heavy atom. The number of halogens is 1. The Bertz CT molecular complexity index is 500. The summed E-state index contributed by atoms with van der Waals surface area (Å²) in [6, 6.07) is 3.88. The van der Waals surface area contributed by atoms with Gasteiger partial charge in [0, 0.05) is 31.9 Å². The molecule has 1 unspecified atom stereocenters. The van der Waals surface area contributed by atoms with Gasteiger partial charge in [-0.3, -0.25) is 9.69 Å². The lowest BCUT2D eigenvalue weighted by atomic mass is 10.2. The van der Waals surface area contributed by atoms with Crippen LogP contribution in [-0.4, -0.2) is 54.5 Å². The molecule has 6 heteroatoms. The van der Waals surface area contributed by atoms with Crippen LogP contribution in [0.3, 0.4) is 0 Å². The highest BCUT2D eigenvalue weighted by Gasteiger charge is 2.25. The van der Waals surface area contributed by atoms with Gasteiger partial charge in [0.2, 0.25) is 5.91 Å². The van der Waals surface area contributed by atoms with Gasteiger partial charge >= 0.3 is 0 Å². The number of nitrogen functional groups attached to an aromatic ring is 1. The van der Waals surface area contributed by atoms with Crippen LogP contribution in [0.25, 0.3) is 0 Å². The van der Waals surface area contributed by atoms with Gasteiger partial charge in [-0.2, -0.15) is 0 Å². The van der Waals surface area contributed by atoms with Gasteiger partial charge in [0.05, 0.1) is 11.7 Å². The molecule has 1 aliphatic rings. The van der Waals surface area contributed by atoms with E-state index in [-0.39, 0.29) is 17.6 Å². The maximum absolute atomic E-state index is 13.6. The van der Waals surface area contributed by atoms with E-state index >= 15 is 0 Å². The largest absolute Gasteiger partial charge is 0.399 e. The van der Waals surface area contributed by atoms with Gasteiger partial charge in [-0.1, -0.05) is 6.92 Å². The van der Waals surface area contributed by atoms with Gasteiger partial charge < -0.3 is 16.0 Å². The molecular weight excluding hydrogens is 271 g/mol. The molecule has 0 aliphatic carbocycles. The number of hydrogen-bond acceptors (Lipinski definition) is 4. The molecule has 1 aromatic carbocycles. The highest BCUT2D eigenvalue weighted by molar-refractivity contribution is 5.95. The SMILES string of the molecule is CCN1CCN(C(C)C(=O)Nc2cc(N)ccc2F)CC1. The van der Waals surface area contributed by atoms with Crippen molar-refractivity contribution in [2.24, 2.45) is 0 Å². The topological polar surface area (TPSA) is 61.6 Å². The number of anilines is 2. The number of likely N-dealkylation sites (N-methyl/N-ethyl adjacent to an activating group) is 1. The van der Waals surface area contributed by atoms with Gasteiger partial charge in [0.1, 0.15) is 5.82 Å². The summed E-state index contributed by atoms with van der Waals surface area (Å²) in [5.74, 6) is -0.676. The summed E-state index contributed by atoms with van der Waals surface area (Å²) < 4.78 is 13.6. The average Bonchev–Trinajstić information content (AvgIpc) is 2.50. The Morgan fingerprint density at radius 2 is 2.05 bits per heavy atom. The smallest absolute Gasteiger partial charge is 0.241 e. The number of benzene rings is 1. The minimum Gasteiger partial charge on any atom is -0.399 e. The number of piperazine rings is 1. The van der Waals surface area contributed by atoms with E-state index in [4.69, 9.17) is 5.73 Å². The fourth-order valence-corrected chi connectivity index (χ4v) is 2.51. The third-order valence-corrected chi connectivity index (χ3v) is 4.03. The second-order valence-corrected chi connectivity index (χ2v) is 5.37. The first-order chi connectivity index (χ1) is 10.0. The van der Waals surface area contributed by atoms with E-state index in [0.29, 0.717) is 5.69 Å². The lowest BCUT2D eigenvalue weighted by Crippen LogP contribution is -2.52. The van der Waals surface area contributed by atoms with Gasteiger partial charge in [0.15, 0.2) is 0 Å². The number of amides is 1. The van der Waals surface area contributed by atoms with E-state index in [1.54, 1.807) is 0 Å². The quantitative estimate of drug-likeness (QED) is 0.824. The zero-order valence-electron chi connectivity index (χ0n) is 12.6. The Morgan fingerprint density at radius 1 is 1.38 bits per heavy atom. The predicted molar refractivity (Wildman–Crippen MR) is 82.6 cm³/mol. The Balaban J connectivity index is 1.95. The van der Waals surface area contributed by atoms with Crippen LogP contribution in [0.15, 0.2) is 18.2 Å². The molecule has 116 valence electrons. The fraction of sp³-hybridized carbons (Fsp3) is 0.533. The van der Waals surface area contributed by atoms with Crippen molar-refractivity contribution in [3.63, 3.8) is 0 Å². The molecule has 1 aliphatic heterocycles. The summed E-state index contributed by atoms with van der Waals surface area (Å²) in [6.45, 7) is 8.63. The number of hydrogen-bond donors (Lipinski definition) is 2. The summed E-state index contributed by atoms with van der Waals surface area (Å²) >= 11 is 0. The van der Waals surface area contributed by atoms with E-state index in [2.05, 4.69) is 22.0 Å². The molecule has 0 radical (unpaired) electrons. The van der Waals surface area contributed by atoms with Gasteiger partial charge in [-0.25, -0.2) is 4.39 Å². The third-order valence-electron chi connectivity index (χ3n) is 4.03. The first kappa shape index (κ1) is 15.7. The van der Waals surface area contributed by atoms with Crippen LogP contribution in [0.1, 0.15) is 13.8 Å². The molecule has 0 aromatic heterocycles. The number of nitrogens with zero attached hydrogens (tertiary/aromatic N) is 2. The predicted octanol–water partition coefficient (Wildman–Crippen LogP) is 1.37. The molecule has 3 N–H and O–H groups in total. The van der Waals surface area contributed by atoms with E-state index < -0.39 is 5.82 Å². The monoisotopic (exact) mass is 294 g/mol. The number of carbonyl (C=O) groups excluding carboxylic acids is 1. The van der Waals surface area contributed by atoms with E-state index in [1.165, 1.54) is 18.2 Å². The van der Waals surface area contributed by atoms with Crippen molar-refractivity contribution in [3.8, 4) is 0 Å². The van der Waals surface area contributed by atoms with Crippen LogP contribution < -0.4 is 11.1 Å². The molecule has 0 spiro atoms. The molecule has 1 atom stereocenters. The summed E-state index contributed by atoms with van der Waals surface area (Å²) in [4.78, 5) is 16.7. The molecule has 0 saturated carbocycles.